The van der Waals surface area contributed by atoms with Crippen LogP contribution in [0.5, 0.6) is 0 Å². The molecule has 2 unspecified atom stereocenters. The highest BCUT2D eigenvalue weighted by Gasteiger charge is 2.27. The zero-order valence-corrected chi connectivity index (χ0v) is 18.8. The van der Waals surface area contributed by atoms with Crippen LogP contribution in [0.15, 0.2) is 24.0 Å². The van der Waals surface area contributed by atoms with Gasteiger partial charge in [-0.05, 0) is 57.6 Å². The van der Waals surface area contributed by atoms with Crippen LogP contribution in [0.4, 0.5) is 11.8 Å². The summed E-state index contributed by atoms with van der Waals surface area (Å²) < 4.78 is 0. The third-order valence-electron chi connectivity index (χ3n) is 6.66. The summed E-state index contributed by atoms with van der Waals surface area (Å²) in [6.07, 6.45) is 14.3. The molecular formula is C23H36N6O3. The SMILES string of the molecule is O=C(O)CONC1=CCC(N2CCCC(Nc3nccc(N4CCCCCC4)n3)C2)CC1. The van der Waals surface area contributed by atoms with E-state index in [2.05, 4.69) is 31.7 Å². The molecule has 3 N–H and O–H groups in total. The van der Waals surface area contributed by atoms with Gasteiger partial charge in [0.15, 0.2) is 6.61 Å². The molecule has 0 aromatic carbocycles. The number of nitrogens with one attached hydrogen (secondary N) is 2. The van der Waals surface area contributed by atoms with Crippen LogP contribution in [0, 0.1) is 0 Å². The Morgan fingerprint density at radius 3 is 2.75 bits per heavy atom. The number of anilines is 2. The molecule has 1 aliphatic carbocycles. The molecule has 0 amide bonds. The summed E-state index contributed by atoms with van der Waals surface area (Å²) in [5.74, 6) is 0.809. The number of aromatic nitrogens is 2. The van der Waals surface area contributed by atoms with Crippen molar-refractivity contribution in [2.45, 2.75) is 69.9 Å². The van der Waals surface area contributed by atoms with Crippen molar-refractivity contribution in [1.29, 1.82) is 0 Å². The lowest BCUT2D eigenvalue weighted by Gasteiger charge is -2.39. The number of hydroxylamine groups is 1. The molecule has 176 valence electrons. The molecule has 0 saturated carbocycles. The van der Waals surface area contributed by atoms with E-state index in [-0.39, 0.29) is 6.61 Å². The highest BCUT2D eigenvalue weighted by Crippen LogP contribution is 2.25. The Labute approximate surface area is 190 Å². The monoisotopic (exact) mass is 444 g/mol. The van der Waals surface area contributed by atoms with Crippen molar-refractivity contribution in [3.8, 4) is 0 Å². The largest absolute Gasteiger partial charge is 0.479 e. The van der Waals surface area contributed by atoms with Crippen molar-refractivity contribution < 1.29 is 14.7 Å². The molecule has 3 heterocycles. The predicted molar refractivity (Wildman–Crippen MR) is 123 cm³/mol. The van der Waals surface area contributed by atoms with E-state index in [0.29, 0.717) is 12.1 Å². The van der Waals surface area contributed by atoms with Gasteiger partial charge in [0.05, 0.1) is 0 Å². The minimum absolute atomic E-state index is 0.332. The van der Waals surface area contributed by atoms with Crippen molar-refractivity contribution in [1.82, 2.24) is 20.3 Å². The number of allylic oxidation sites excluding steroid dienone is 1. The van der Waals surface area contributed by atoms with E-state index in [4.69, 9.17) is 14.9 Å². The second kappa shape index (κ2) is 11.5. The first kappa shape index (κ1) is 22.8. The van der Waals surface area contributed by atoms with Crippen LogP contribution < -0.4 is 15.7 Å². The van der Waals surface area contributed by atoms with E-state index in [9.17, 15) is 4.79 Å². The molecule has 4 rings (SSSR count). The van der Waals surface area contributed by atoms with Crippen LogP contribution in [0.2, 0.25) is 0 Å². The third-order valence-corrected chi connectivity index (χ3v) is 6.66. The maximum Gasteiger partial charge on any atom is 0.332 e. The Hall–Kier alpha value is -2.39. The maximum atomic E-state index is 10.6. The Bertz CT molecular complexity index is 781. The summed E-state index contributed by atoms with van der Waals surface area (Å²) in [7, 11) is 0. The zero-order valence-electron chi connectivity index (χ0n) is 18.8. The number of nitrogens with zero attached hydrogens (tertiary/aromatic N) is 4. The summed E-state index contributed by atoms with van der Waals surface area (Å²) in [5, 5.41) is 12.3. The number of piperidine rings is 1. The van der Waals surface area contributed by atoms with Gasteiger partial charge in [0.2, 0.25) is 5.95 Å². The summed E-state index contributed by atoms with van der Waals surface area (Å²) >= 11 is 0. The smallest absolute Gasteiger partial charge is 0.332 e. The number of carboxylic acid groups (broad SMARTS) is 1. The van der Waals surface area contributed by atoms with Crippen LogP contribution in [0.3, 0.4) is 0 Å². The molecule has 0 spiro atoms. The van der Waals surface area contributed by atoms with E-state index >= 15 is 0 Å². The molecule has 2 atom stereocenters. The minimum Gasteiger partial charge on any atom is -0.479 e. The fourth-order valence-electron chi connectivity index (χ4n) is 4.97. The van der Waals surface area contributed by atoms with Crippen LogP contribution in [-0.4, -0.2) is 70.8 Å². The van der Waals surface area contributed by atoms with E-state index in [1.54, 1.807) is 0 Å². The molecule has 0 radical (unpaired) electrons. The molecule has 3 aliphatic rings. The van der Waals surface area contributed by atoms with Crippen molar-refractivity contribution in [3.63, 3.8) is 0 Å². The number of carbonyl (C=O) groups is 1. The van der Waals surface area contributed by atoms with Gasteiger partial charge in [-0.1, -0.05) is 18.9 Å². The second-order valence-electron chi connectivity index (χ2n) is 9.06. The predicted octanol–water partition coefficient (Wildman–Crippen LogP) is 2.78. The lowest BCUT2D eigenvalue weighted by Crippen LogP contribution is -2.48. The van der Waals surface area contributed by atoms with E-state index in [1.807, 2.05) is 12.3 Å². The summed E-state index contributed by atoms with van der Waals surface area (Å²) in [6.45, 7) is 3.95. The normalized spacial score (nSPS) is 25.0. The first-order valence-corrected chi connectivity index (χ1v) is 12.0. The molecule has 2 fully saturated rings. The van der Waals surface area contributed by atoms with Crippen molar-refractivity contribution in [3.05, 3.63) is 24.0 Å². The highest BCUT2D eigenvalue weighted by atomic mass is 16.7. The molecule has 9 nitrogen and oxygen atoms in total. The summed E-state index contributed by atoms with van der Waals surface area (Å²) in [6, 6.07) is 2.89. The second-order valence-corrected chi connectivity index (χ2v) is 9.06. The van der Waals surface area contributed by atoms with Crippen LogP contribution >= 0.6 is 0 Å². The van der Waals surface area contributed by atoms with Gasteiger partial charge in [-0.15, -0.1) is 0 Å². The van der Waals surface area contributed by atoms with Gasteiger partial charge in [0, 0.05) is 43.6 Å². The fraction of sp³-hybridized carbons (Fsp3) is 0.696. The number of carboxylic acids is 1. The Balaban J connectivity index is 1.28. The Morgan fingerprint density at radius 1 is 1.16 bits per heavy atom. The van der Waals surface area contributed by atoms with E-state index in [1.165, 1.54) is 25.7 Å². The average Bonchev–Trinajstić information content (AvgIpc) is 3.09. The standard InChI is InChI=1S/C23H36N6O3/c30-22(31)17-32-27-18-7-9-20(10-8-18)29-15-5-6-19(16-29)25-23-24-12-11-21(26-23)28-13-3-1-2-4-14-28/h7,11-12,19-20,27H,1-6,8-10,13-17H2,(H,30,31)(H,24,25,26). The van der Waals surface area contributed by atoms with Gasteiger partial charge in [-0.2, -0.15) is 4.98 Å². The van der Waals surface area contributed by atoms with Gasteiger partial charge >= 0.3 is 5.97 Å². The van der Waals surface area contributed by atoms with Gasteiger partial charge in [0.25, 0.3) is 0 Å². The van der Waals surface area contributed by atoms with Crippen molar-refractivity contribution in [2.75, 3.05) is 43.0 Å². The highest BCUT2D eigenvalue weighted by molar-refractivity contribution is 5.67. The molecule has 32 heavy (non-hydrogen) atoms. The lowest BCUT2D eigenvalue weighted by atomic mass is 9.95. The maximum absolute atomic E-state index is 10.6. The molecule has 1 aromatic rings. The first-order chi connectivity index (χ1) is 15.7. The molecule has 9 heteroatoms. The summed E-state index contributed by atoms with van der Waals surface area (Å²) in [4.78, 5) is 29.9. The third kappa shape index (κ3) is 6.56. The van der Waals surface area contributed by atoms with E-state index < -0.39 is 5.97 Å². The molecule has 0 bridgehead atoms. The molecular weight excluding hydrogens is 408 g/mol. The molecule has 1 aromatic heterocycles. The van der Waals surface area contributed by atoms with Crippen LogP contribution in [0.1, 0.15) is 57.8 Å². The van der Waals surface area contributed by atoms with Gasteiger partial charge in [0.1, 0.15) is 5.82 Å². The molecule has 2 saturated heterocycles. The van der Waals surface area contributed by atoms with Crippen LogP contribution in [-0.2, 0) is 9.63 Å². The number of hydrogen-bond acceptors (Lipinski definition) is 8. The van der Waals surface area contributed by atoms with Gasteiger partial charge in [-0.25, -0.2) is 9.78 Å². The number of rotatable bonds is 8. The summed E-state index contributed by atoms with van der Waals surface area (Å²) in [5.41, 5.74) is 3.76. The van der Waals surface area contributed by atoms with Gasteiger partial charge < -0.3 is 15.3 Å². The Kier molecular flexibility index (Phi) is 8.17. The lowest BCUT2D eigenvalue weighted by molar-refractivity contribution is -0.144. The molecule has 2 aliphatic heterocycles. The Morgan fingerprint density at radius 2 is 2.00 bits per heavy atom. The number of hydrogen-bond donors (Lipinski definition) is 3. The topological polar surface area (TPSA) is 103 Å². The number of likely N-dealkylation sites (tertiary alicyclic amines) is 1. The quantitative estimate of drug-likeness (QED) is 0.522. The average molecular weight is 445 g/mol. The van der Waals surface area contributed by atoms with Crippen molar-refractivity contribution in [2.24, 2.45) is 0 Å². The first-order valence-electron chi connectivity index (χ1n) is 12.0. The van der Waals surface area contributed by atoms with Gasteiger partial charge in [-0.3, -0.25) is 15.2 Å². The van der Waals surface area contributed by atoms with Crippen molar-refractivity contribution >= 4 is 17.7 Å². The van der Waals surface area contributed by atoms with E-state index in [0.717, 1.165) is 75.7 Å². The number of aliphatic carboxylic acids is 1. The zero-order chi connectivity index (χ0) is 22.2. The van der Waals surface area contributed by atoms with Crippen LogP contribution in [0.25, 0.3) is 0 Å². The fourth-order valence-corrected chi connectivity index (χ4v) is 4.97. The minimum atomic E-state index is -0.973.